The molecule has 1 nitrogen and oxygen atoms in total. The van der Waals surface area contributed by atoms with Crippen LogP contribution in [0.1, 0.15) is 31.9 Å². The summed E-state index contributed by atoms with van der Waals surface area (Å²) in [7, 11) is 0. The highest BCUT2D eigenvalue weighted by Crippen LogP contribution is 2.17. The number of benzene rings is 3. The van der Waals surface area contributed by atoms with E-state index in [1.165, 1.54) is 38.8 Å². The summed E-state index contributed by atoms with van der Waals surface area (Å²) in [6, 6.07) is 24.5. The van der Waals surface area contributed by atoms with Crippen molar-refractivity contribution in [1.29, 1.82) is 0 Å². The van der Waals surface area contributed by atoms with E-state index in [1.807, 2.05) is 48.7 Å². The molecule has 0 bridgehead atoms. The third kappa shape index (κ3) is 4.47. The van der Waals surface area contributed by atoms with Crippen LogP contribution < -0.4 is 0 Å². The molecular weight excluding hydrogens is 336 g/mol. The average Bonchev–Trinajstić information content (AvgIpc) is 3.17. The third-order valence-electron chi connectivity index (χ3n) is 4.21. The quantitative estimate of drug-likeness (QED) is 0.362. The zero-order valence-corrected chi connectivity index (χ0v) is 16.1. The van der Waals surface area contributed by atoms with Gasteiger partial charge in [-0.1, -0.05) is 83.4 Å². The summed E-state index contributed by atoms with van der Waals surface area (Å²) in [6.45, 7) is 6.26. The molecule has 3 aromatic carbocycles. The molecule has 0 aliphatic rings. The highest BCUT2D eigenvalue weighted by molar-refractivity contribution is 7.12. The Morgan fingerprint density at radius 2 is 1.23 bits per heavy atom. The number of fused-ring (bicyclic) bond motifs is 1. The Balaban J connectivity index is 0.000000152. The molecule has 1 aromatic heterocycles. The minimum atomic E-state index is 0.111. The van der Waals surface area contributed by atoms with E-state index in [-0.39, 0.29) is 5.78 Å². The van der Waals surface area contributed by atoms with E-state index in [2.05, 4.69) is 50.2 Å². The molecule has 0 unspecified atom stereocenters. The molecule has 0 aliphatic heterocycles. The van der Waals surface area contributed by atoms with Crippen molar-refractivity contribution in [2.45, 2.75) is 20.8 Å². The van der Waals surface area contributed by atoms with Crippen LogP contribution in [-0.4, -0.2) is 5.78 Å². The predicted molar refractivity (Wildman–Crippen MR) is 112 cm³/mol. The summed E-state index contributed by atoms with van der Waals surface area (Å²) < 4.78 is 0. The van der Waals surface area contributed by atoms with Gasteiger partial charge in [0.2, 0.25) is 5.78 Å². The topological polar surface area (TPSA) is 17.1 Å². The molecule has 0 N–H and O–H groups in total. The Hall–Kier alpha value is -2.71. The van der Waals surface area contributed by atoms with Crippen LogP contribution in [0.3, 0.4) is 0 Å². The van der Waals surface area contributed by atoms with Gasteiger partial charge in [0, 0.05) is 5.56 Å². The molecule has 26 heavy (non-hydrogen) atoms. The molecule has 2 heteroatoms. The van der Waals surface area contributed by atoms with E-state index in [0.717, 1.165) is 10.4 Å². The van der Waals surface area contributed by atoms with Gasteiger partial charge in [0.15, 0.2) is 0 Å². The monoisotopic (exact) mass is 358 g/mol. The first-order chi connectivity index (χ1) is 12.5. The van der Waals surface area contributed by atoms with Crippen molar-refractivity contribution in [3.05, 3.63) is 105 Å². The van der Waals surface area contributed by atoms with Crippen LogP contribution in [0, 0.1) is 20.8 Å². The number of ketones is 1. The number of carbonyl (C=O) groups excluding carboxylic acids is 1. The minimum absolute atomic E-state index is 0.111. The highest BCUT2D eigenvalue weighted by atomic mass is 32.1. The van der Waals surface area contributed by atoms with Gasteiger partial charge in [0.25, 0.3) is 0 Å². The van der Waals surface area contributed by atoms with Crippen LogP contribution in [0.5, 0.6) is 0 Å². The van der Waals surface area contributed by atoms with E-state index in [9.17, 15) is 4.79 Å². The SMILES string of the molecule is Cc1ccc(C(=O)c2cccs2)cc1.Cc1ccc2cc(C)ccc2c1. The van der Waals surface area contributed by atoms with Crippen LogP contribution in [0.4, 0.5) is 0 Å². The van der Waals surface area contributed by atoms with Gasteiger partial charge in [-0.15, -0.1) is 11.3 Å². The number of thiophene rings is 1. The number of carbonyl (C=O) groups is 1. The van der Waals surface area contributed by atoms with Gasteiger partial charge in [-0.3, -0.25) is 4.79 Å². The van der Waals surface area contributed by atoms with Crippen LogP contribution in [0.15, 0.2) is 78.2 Å². The predicted octanol–water partition coefficient (Wildman–Crippen LogP) is 6.74. The number of rotatable bonds is 2. The normalized spacial score (nSPS) is 10.3. The molecule has 1 heterocycles. The lowest BCUT2D eigenvalue weighted by Crippen LogP contribution is -1.97. The van der Waals surface area contributed by atoms with Crippen molar-refractivity contribution in [3.63, 3.8) is 0 Å². The molecule has 130 valence electrons. The number of hydrogen-bond acceptors (Lipinski definition) is 2. The maximum absolute atomic E-state index is 11.8. The maximum Gasteiger partial charge on any atom is 0.202 e. The van der Waals surface area contributed by atoms with E-state index >= 15 is 0 Å². The number of aryl methyl sites for hydroxylation is 3. The van der Waals surface area contributed by atoms with Crippen molar-refractivity contribution in [1.82, 2.24) is 0 Å². The highest BCUT2D eigenvalue weighted by Gasteiger charge is 2.08. The molecular formula is C24H22OS. The Morgan fingerprint density at radius 1 is 0.692 bits per heavy atom. The summed E-state index contributed by atoms with van der Waals surface area (Å²) >= 11 is 1.48. The van der Waals surface area contributed by atoms with Gasteiger partial charge in [0.1, 0.15) is 0 Å². The molecule has 0 saturated carbocycles. The van der Waals surface area contributed by atoms with Crippen LogP contribution >= 0.6 is 11.3 Å². The molecule has 0 atom stereocenters. The van der Waals surface area contributed by atoms with Crippen LogP contribution in [0.25, 0.3) is 10.8 Å². The van der Waals surface area contributed by atoms with Crippen molar-refractivity contribution >= 4 is 27.9 Å². The fourth-order valence-corrected chi connectivity index (χ4v) is 3.43. The van der Waals surface area contributed by atoms with Gasteiger partial charge in [-0.05, 0) is 43.0 Å². The lowest BCUT2D eigenvalue weighted by atomic mass is 10.1. The van der Waals surface area contributed by atoms with Crippen molar-refractivity contribution < 1.29 is 4.79 Å². The molecule has 4 rings (SSSR count). The third-order valence-corrected chi connectivity index (χ3v) is 5.08. The second-order valence-corrected chi connectivity index (χ2v) is 7.47. The maximum atomic E-state index is 11.8. The van der Waals surface area contributed by atoms with E-state index < -0.39 is 0 Å². The van der Waals surface area contributed by atoms with Crippen molar-refractivity contribution in [3.8, 4) is 0 Å². The number of hydrogen-bond donors (Lipinski definition) is 0. The second-order valence-electron chi connectivity index (χ2n) is 6.53. The van der Waals surface area contributed by atoms with Gasteiger partial charge < -0.3 is 0 Å². The Kier molecular flexibility index (Phi) is 5.65. The van der Waals surface area contributed by atoms with Crippen LogP contribution in [-0.2, 0) is 0 Å². The van der Waals surface area contributed by atoms with Gasteiger partial charge in [-0.2, -0.15) is 0 Å². The Morgan fingerprint density at radius 3 is 1.73 bits per heavy atom. The molecule has 0 radical (unpaired) electrons. The molecule has 0 aliphatic carbocycles. The summed E-state index contributed by atoms with van der Waals surface area (Å²) in [4.78, 5) is 12.6. The van der Waals surface area contributed by atoms with Crippen molar-refractivity contribution in [2.75, 3.05) is 0 Å². The zero-order chi connectivity index (χ0) is 18.5. The molecule has 0 amide bonds. The van der Waals surface area contributed by atoms with Gasteiger partial charge in [-0.25, -0.2) is 0 Å². The first kappa shape index (κ1) is 18.1. The first-order valence-corrected chi connectivity index (χ1v) is 9.53. The molecule has 0 spiro atoms. The fraction of sp³-hybridized carbons (Fsp3) is 0.125. The average molecular weight is 359 g/mol. The standard InChI is InChI=1S/C12H10OS.C12H12/c1-9-4-6-10(7-5-9)12(13)11-3-2-8-14-11;1-9-3-5-12-8-10(2)4-6-11(12)7-9/h2-8H,1H3;3-8H,1-2H3. The lowest BCUT2D eigenvalue weighted by molar-refractivity contribution is 0.104. The van der Waals surface area contributed by atoms with Gasteiger partial charge in [0.05, 0.1) is 4.88 Å². The van der Waals surface area contributed by atoms with E-state index in [0.29, 0.717) is 0 Å². The van der Waals surface area contributed by atoms with Crippen LogP contribution in [0.2, 0.25) is 0 Å². The summed E-state index contributed by atoms with van der Waals surface area (Å²) in [5.41, 5.74) is 4.59. The van der Waals surface area contributed by atoms with E-state index in [4.69, 9.17) is 0 Å². The lowest BCUT2D eigenvalue weighted by Gasteiger charge is -1.99. The smallest absolute Gasteiger partial charge is 0.202 e. The summed E-state index contributed by atoms with van der Waals surface area (Å²) in [6.07, 6.45) is 0. The van der Waals surface area contributed by atoms with Crippen molar-refractivity contribution in [2.24, 2.45) is 0 Å². The molecule has 4 aromatic rings. The fourth-order valence-electron chi connectivity index (χ4n) is 2.74. The largest absolute Gasteiger partial charge is 0.288 e. The Bertz CT molecular complexity index is 971. The minimum Gasteiger partial charge on any atom is -0.288 e. The Labute approximate surface area is 158 Å². The summed E-state index contributed by atoms with van der Waals surface area (Å²) in [5.74, 6) is 0.111. The molecule has 0 fully saturated rings. The first-order valence-electron chi connectivity index (χ1n) is 8.65. The van der Waals surface area contributed by atoms with Gasteiger partial charge >= 0.3 is 0 Å². The molecule has 0 saturated heterocycles. The summed E-state index contributed by atoms with van der Waals surface area (Å²) in [5, 5.41) is 4.59. The zero-order valence-electron chi connectivity index (χ0n) is 15.3. The van der Waals surface area contributed by atoms with E-state index in [1.54, 1.807) is 0 Å². The second kappa shape index (κ2) is 8.11.